The van der Waals surface area contributed by atoms with Crippen LogP contribution in [0, 0.1) is 0 Å². The first-order chi connectivity index (χ1) is 7.20. The number of pyridine rings is 1. The summed E-state index contributed by atoms with van der Waals surface area (Å²) >= 11 is 4.92. The maximum Gasteiger partial charge on any atom is 0.114 e. The molecule has 2 aromatic rings. The number of halogens is 1. The lowest BCUT2D eigenvalue weighted by atomic mass is 10.2. The Morgan fingerprint density at radius 3 is 2.87 bits per heavy atom. The fourth-order valence-electron chi connectivity index (χ4n) is 1.28. The fraction of sp³-hybridized carbons (Fsp3) is 0.200. The summed E-state index contributed by atoms with van der Waals surface area (Å²) in [5.74, 6) is 0. The first-order valence-corrected chi connectivity index (χ1v) is 6.17. The molecular weight excluding hydrogens is 274 g/mol. The molecular formula is C10H10BrN3S. The van der Waals surface area contributed by atoms with Crippen LogP contribution in [0.5, 0.6) is 0 Å². The third kappa shape index (κ3) is 2.18. The second-order valence-electron chi connectivity index (χ2n) is 3.07. The molecule has 0 aliphatic heterocycles. The maximum atomic E-state index is 5.91. The Hall–Kier alpha value is -0.940. The number of nitrogen functional groups attached to an aromatic ring is 1. The molecule has 0 saturated heterocycles. The predicted octanol–water partition coefficient (Wildman–Crippen LogP) is 3.11. The van der Waals surface area contributed by atoms with Crippen molar-refractivity contribution in [3.63, 3.8) is 0 Å². The molecule has 78 valence electrons. The largest absolute Gasteiger partial charge is 0.389 e. The van der Waals surface area contributed by atoms with Crippen LogP contribution < -0.4 is 5.73 Å². The number of nitrogens with two attached hydrogens (primary N) is 1. The highest BCUT2D eigenvalue weighted by Gasteiger charge is 2.09. The van der Waals surface area contributed by atoms with Crippen molar-refractivity contribution in [2.75, 3.05) is 5.73 Å². The van der Waals surface area contributed by atoms with E-state index < -0.39 is 0 Å². The van der Waals surface area contributed by atoms with Crippen molar-refractivity contribution >= 4 is 32.3 Å². The van der Waals surface area contributed by atoms with E-state index in [0.29, 0.717) is 0 Å². The Balaban J connectivity index is 2.48. The Kier molecular flexibility index (Phi) is 3.02. The molecule has 0 unspecified atom stereocenters. The van der Waals surface area contributed by atoms with E-state index >= 15 is 0 Å². The summed E-state index contributed by atoms with van der Waals surface area (Å²) in [4.78, 5) is 8.57. The molecule has 0 fully saturated rings. The van der Waals surface area contributed by atoms with Gasteiger partial charge in [0, 0.05) is 22.4 Å². The standard InChI is InChI=1S/C10H10BrN3S/c1-2-8-14-9(10(12)15-8)6-3-7(11)5-13-4-6/h3-5H,2,12H2,1H3. The quantitative estimate of drug-likeness (QED) is 0.921. The second kappa shape index (κ2) is 4.28. The van der Waals surface area contributed by atoms with Crippen molar-refractivity contribution in [1.82, 2.24) is 9.97 Å². The zero-order chi connectivity index (χ0) is 10.8. The molecule has 0 spiro atoms. The van der Waals surface area contributed by atoms with Gasteiger partial charge in [-0.25, -0.2) is 4.98 Å². The monoisotopic (exact) mass is 283 g/mol. The van der Waals surface area contributed by atoms with Crippen LogP contribution in [0.3, 0.4) is 0 Å². The molecule has 2 N–H and O–H groups in total. The van der Waals surface area contributed by atoms with Gasteiger partial charge in [-0.3, -0.25) is 4.98 Å². The predicted molar refractivity (Wildman–Crippen MR) is 66.8 cm³/mol. The molecule has 2 heterocycles. The Bertz CT molecular complexity index is 481. The molecule has 0 atom stereocenters. The summed E-state index contributed by atoms with van der Waals surface area (Å²) in [6.45, 7) is 2.07. The summed E-state index contributed by atoms with van der Waals surface area (Å²) in [5.41, 5.74) is 7.71. The zero-order valence-corrected chi connectivity index (χ0v) is 10.6. The van der Waals surface area contributed by atoms with Gasteiger partial charge in [-0.1, -0.05) is 6.92 Å². The van der Waals surface area contributed by atoms with Gasteiger partial charge in [-0.2, -0.15) is 0 Å². The van der Waals surface area contributed by atoms with Gasteiger partial charge in [-0.15, -0.1) is 11.3 Å². The van der Waals surface area contributed by atoms with Crippen LogP contribution in [0.2, 0.25) is 0 Å². The molecule has 0 amide bonds. The molecule has 0 bridgehead atoms. The van der Waals surface area contributed by atoms with E-state index in [1.54, 1.807) is 12.4 Å². The van der Waals surface area contributed by atoms with Crippen LogP contribution in [0.15, 0.2) is 22.9 Å². The van der Waals surface area contributed by atoms with Crippen molar-refractivity contribution in [3.8, 4) is 11.3 Å². The minimum absolute atomic E-state index is 0.756. The second-order valence-corrected chi connectivity index (χ2v) is 5.10. The van der Waals surface area contributed by atoms with Crippen LogP contribution >= 0.6 is 27.3 Å². The highest BCUT2D eigenvalue weighted by molar-refractivity contribution is 9.10. The first-order valence-electron chi connectivity index (χ1n) is 4.56. The van der Waals surface area contributed by atoms with E-state index in [4.69, 9.17) is 5.73 Å². The molecule has 5 heteroatoms. The van der Waals surface area contributed by atoms with Gasteiger partial charge in [0.2, 0.25) is 0 Å². The zero-order valence-electron chi connectivity index (χ0n) is 8.20. The van der Waals surface area contributed by atoms with Gasteiger partial charge >= 0.3 is 0 Å². The summed E-state index contributed by atoms with van der Waals surface area (Å²) in [6.07, 6.45) is 4.43. The van der Waals surface area contributed by atoms with Crippen molar-refractivity contribution in [2.24, 2.45) is 0 Å². The minimum Gasteiger partial charge on any atom is -0.389 e. The lowest BCUT2D eigenvalue weighted by Crippen LogP contribution is -1.87. The average Bonchev–Trinajstić information content (AvgIpc) is 2.60. The van der Waals surface area contributed by atoms with Gasteiger partial charge < -0.3 is 5.73 Å². The topological polar surface area (TPSA) is 51.8 Å². The summed E-state index contributed by atoms with van der Waals surface area (Å²) in [5, 5.41) is 1.81. The lowest BCUT2D eigenvalue weighted by molar-refractivity contribution is 1.09. The van der Waals surface area contributed by atoms with Crippen LogP contribution in [0.4, 0.5) is 5.00 Å². The van der Waals surface area contributed by atoms with E-state index in [2.05, 4.69) is 32.8 Å². The maximum absolute atomic E-state index is 5.91. The summed E-state index contributed by atoms with van der Waals surface area (Å²) < 4.78 is 0.936. The number of rotatable bonds is 2. The number of aromatic nitrogens is 2. The number of aryl methyl sites for hydroxylation is 1. The number of thiazole rings is 1. The molecule has 0 aliphatic rings. The van der Waals surface area contributed by atoms with Gasteiger partial charge in [0.05, 0.1) is 5.01 Å². The van der Waals surface area contributed by atoms with Crippen molar-refractivity contribution in [3.05, 3.63) is 27.9 Å². The number of hydrogen-bond acceptors (Lipinski definition) is 4. The number of anilines is 1. The molecule has 0 aliphatic carbocycles. The van der Waals surface area contributed by atoms with E-state index in [-0.39, 0.29) is 0 Å². The van der Waals surface area contributed by atoms with Crippen LogP contribution in [-0.2, 0) is 6.42 Å². The fourth-order valence-corrected chi connectivity index (χ4v) is 2.44. The summed E-state index contributed by atoms with van der Waals surface area (Å²) in [6, 6.07) is 1.97. The highest BCUT2D eigenvalue weighted by atomic mass is 79.9. The van der Waals surface area contributed by atoms with Gasteiger partial charge in [-0.05, 0) is 28.4 Å². The van der Waals surface area contributed by atoms with E-state index in [1.807, 2.05) is 6.07 Å². The summed E-state index contributed by atoms with van der Waals surface area (Å²) in [7, 11) is 0. The molecule has 3 nitrogen and oxygen atoms in total. The lowest BCUT2D eigenvalue weighted by Gasteiger charge is -1.97. The van der Waals surface area contributed by atoms with E-state index in [9.17, 15) is 0 Å². The van der Waals surface area contributed by atoms with E-state index in [0.717, 1.165) is 32.2 Å². The SMILES string of the molecule is CCc1nc(-c2cncc(Br)c2)c(N)s1. The molecule has 0 aromatic carbocycles. The Labute approximate surface area is 101 Å². The molecule has 2 rings (SSSR count). The third-order valence-electron chi connectivity index (χ3n) is 1.98. The smallest absolute Gasteiger partial charge is 0.114 e. The highest BCUT2D eigenvalue weighted by Crippen LogP contribution is 2.31. The molecule has 0 radical (unpaired) electrons. The molecule has 15 heavy (non-hydrogen) atoms. The van der Waals surface area contributed by atoms with E-state index in [1.165, 1.54) is 11.3 Å². The number of nitrogens with zero attached hydrogens (tertiary/aromatic N) is 2. The number of hydrogen-bond donors (Lipinski definition) is 1. The van der Waals surface area contributed by atoms with Crippen LogP contribution in [0.25, 0.3) is 11.3 Å². The van der Waals surface area contributed by atoms with Gasteiger partial charge in [0.25, 0.3) is 0 Å². The van der Waals surface area contributed by atoms with Crippen molar-refractivity contribution in [2.45, 2.75) is 13.3 Å². The average molecular weight is 284 g/mol. The Morgan fingerprint density at radius 1 is 1.47 bits per heavy atom. The first kappa shape index (κ1) is 10.6. The van der Waals surface area contributed by atoms with Crippen molar-refractivity contribution < 1.29 is 0 Å². The van der Waals surface area contributed by atoms with Crippen LogP contribution in [-0.4, -0.2) is 9.97 Å². The minimum atomic E-state index is 0.756. The molecule has 0 saturated carbocycles. The van der Waals surface area contributed by atoms with Gasteiger partial charge in [0.15, 0.2) is 0 Å². The van der Waals surface area contributed by atoms with Crippen LogP contribution in [0.1, 0.15) is 11.9 Å². The Morgan fingerprint density at radius 2 is 2.27 bits per heavy atom. The normalized spacial score (nSPS) is 10.5. The van der Waals surface area contributed by atoms with Gasteiger partial charge in [0.1, 0.15) is 10.7 Å². The third-order valence-corrected chi connectivity index (χ3v) is 3.44. The van der Waals surface area contributed by atoms with Crippen molar-refractivity contribution in [1.29, 1.82) is 0 Å². The molecule has 2 aromatic heterocycles.